The number of hydrogen-bond donors (Lipinski definition) is 2. The van der Waals surface area contributed by atoms with Gasteiger partial charge in [-0.15, -0.1) is 11.3 Å². The van der Waals surface area contributed by atoms with E-state index in [0.29, 0.717) is 23.7 Å². The molecule has 2 aromatic heterocycles. The van der Waals surface area contributed by atoms with E-state index in [0.717, 1.165) is 26.5 Å². The summed E-state index contributed by atoms with van der Waals surface area (Å²) in [5, 5.41) is 6.91. The van der Waals surface area contributed by atoms with Crippen LogP contribution >= 0.6 is 22.9 Å². The molecule has 0 fully saturated rings. The molecule has 4 rings (SSSR count). The average molecular weight is 424 g/mol. The maximum Gasteiger partial charge on any atom is 0.260 e. The Bertz CT molecular complexity index is 1170. The summed E-state index contributed by atoms with van der Waals surface area (Å²) in [6.45, 7) is 4.81. The van der Waals surface area contributed by atoms with Gasteiger partial charge in [-0.3, -0.25) is 4.79 Å². The Morgan fingerprint density at radius 1 is 1.10 bits per heavy atom. The number of hydrogen-bond acceptors (Lipinski definition) is 4. The van der Waals surface area contributed by atoms with Crippen molar-refractivity contribution in [1.29, 1.82) is 0 Å². The number of fused-ring (bicyclic) bond motifs is 1. The highest BCUT2D eigenvalue weighted by atomic mass is 35.5. The third kappa shape index (κ3) is 4.27. The first kappa shape index (κ1) is 19.8. The normalized spacial score (nSPS) is 12.6. The van der Waals surface area contributed by atoms with Gasteiger partial charge in [0.25, 0.3) is 5.56 Å². The Labute approximate surface area is 178 Å². The van der Waals surface area contributed by atoms with E-state index in [2.05, 4.69) is 24.1 Å². The van der Waals surface area contributed by atoms with Crippen molar-refractivity contribution >= 4 is 33.2 Å². The molecular formula is C23H22ClN3OS. The fraction of sp³-hybridized carbons (Fsp3) is 0.217. The molecule has 4 aromatic rings. The maximum absolute atomic E-state index is 12.8. The highest BCUT2D eigenvalue weighted by Crippen LogP contribution is 2.30. The molecule has 0 unspecified atom stereocenters. The number of thiophene rings is 1. The predicted molar refractivity (Wildman–Crippen MR) is 122 cm³/mol. The van der Waals surface area contributed by atoms with Crippen molar-refractivity contribution in [1.82, 2.24) is 15.3 Å². The van der Waals surface area contributed by atoms with Crippen LogP contribution in [0.5, 0.6) is 0 Å². The maximum atomic E-state index is 12.8. The van der Waals surface area contributed by atoms with Crippen LogP contribution in [0.25, 0.3) is 21.3 Å². The summed E-state index contributed by atoms with van der Waals surface area (Å²) in [5.41, 5.74) is 3.02. The van der Waals surface area contributed by atoms with Crippen molar-refractivity contribution in [3.05, 3.63) is 86.7 Å². The lowest BCUT2D eigenvalue weighted by Gasteiger charge is -2.23. The minimum absolute atomic E-state index is 0.0977. The fourth-order valence-corrected chi connectivity index (χ4v) is 4.62. The molecule has 29 heavy (non-hydrogen) atoms. The first-order chi connectivity index (χ1) is 14.0. The average Bonchev–Trinajstić information content (AvgIpc) is 3.14. The molecule has 2 heterocycles. The van der Waals surface area contributed by atoms with Crippen molar-refractivity contribution in [2.45, 2.75) is 26.4 Å². The molecule has 0 saturated carbocycles. The van der Waals surface area contributed by atoms with Crippen LogP contribution in [0, 0.1) is 5.92 Å². The number of aromatic amines is 1. The van der Waals surface area contributed by atoms with E-state index in [1.54, 1.807) is 0 Å². The van der Waals surface area contributed by atoms with Gasteiger partial charge in [-0.2, -0.15) is 0 Å². The number of H-pyrrole nitrogens is 1. The standard InChI is InChI=1S/C23H22ClN3OS/c1-14(2)21(16-8-10-17(24)11-9-16)25-12-19-26-22(28)20-18(13-29-23(20)27-19)15-6-4-3-5-7-15/h3-11,13-14,21,25H,12H2,1-2H3,(H,26,27,28)/t21-/m1/s1. The number of nitrogens with one attached hydrogen (secondary N) is 2. The van der Waals surface area contributed by atoms with Gasteiger partial charge in [-0.05, 0) is 29.2 Å². The van der Waals surface area contributed by atoms with Crippen LogP contribution in [-0.2, 0) is 6.54 Å². The molecular weight excluding hydrogens is 402 g/mol. The van der Waals surface area contributed by atoms with E-state index >= 15 is 0 Å². The van der Waals surface area contributed by atoms with Gasteiger partial charge < -0.3 is 10.3 Å². The summed E-state index contributed by atoms with van der Waals surface area (Å²) < 4.78 is 0. The largest absolute Gasteiger partial charge is 0.309 e. The number of aromatic nitrogens is 2. The molecule has 1 atom stereocenters. The molecule has 0 aliphatic heterocycles. The summed E-state index contributed by atoms with van der Waals surface area (Å²) in [5.74, 6) is 1.02. The molecule has 0 spiro atoms. The van der Waals surface area contributed by atoms with Crippen molar-refractivity contribution in [3.8, 4) is 11.1 Å². The molecule has 0 radical (unpaired) electrons. The van der Waals surface area contributed by atoms with Gasteiger partial charge in [-0.1, -0.05) is 67.9 Å². The fourth-order valence-electron chi connectivity index (χ4n) is 3.52. The molecule has 0 aliphatic carbocycles. The Kier molecular flexibility index (Phi) is 5.81. The molecule has 2 aromatic carbocycles. The molecule has 0 saturated heterocycles. The quantitative estimate of drug-likeness (QED) is 0.412. The second-order valence-electron chi connectivity index (χ2n) is 7.36. The SMILES string of the molecule is CC(C)[C@@H](NCc1nc2scc(-c3ccccc3)c2c(=O)[nH]1)c1ccc(Cl)cc1. The first-order valence-electron chi connectivity index (χ1n) is 9.57. The summed E-state index contributed by atoms with van der Waals surface area (Å²) in [7, 11) is 0. The van der Waals surface area contributed by atoms with Crippen molar-refractivity contribution in [2.24, 2.45) is 5.92 Å². The van der Waals surface area contributed by atoms with Crippen LogP contribution in [0.2, 0.25) is 5.02 Å². The lowest BCUT2D eigenvalue weighted by Crippen LogP contribution is -2.27. The highest BCUT2D eigenvalue weighted by molar-refractivity contribution is 7.17. The molecule has 4 nitrogen and oxygen atoms in total. The smallest absolute Gasteiger partial charge is 0.260 e. The molecule has 0 aliphatic rings. The van der Waals surface area contributed by atoms with Gasteiger partial charge in [0.1, 0.15) is 10.7 Å². The second kappa shape index (κ2) is 8.49. The summed E-state index contributed by atoms with van der Waals surface area (Å²) in [4.78, 5) is 21.2. The number of rotatable bonds is 6. The third-order valence-electron chi connectivity index (χ3n) is 4.96. The topological polar surface area (TPSA) is 57.8 Å². The number of benzene rings is 2. The van der Waals surface area contributed by atoms with Crippen LogP contribution in [-0.4, -0.2) is 9.97 Å². The van der Waals surface area contributed by atoms with Gasteiger partial charge in [0.05, 0.1) is 11.9 Å². The Balaban J connectivity index is 1.60. The van der Waals surface area contributed by atoms with Crippen LogP contribution < -0.4 is 10.9 Å². The number of nitrogens with zero attached hydrogens (tertiary/aromatic N) is 1. The molecule has 6 heteroatoms. The lowest BCUT2D eigenvalue weighted by atomic mass is 9.96. The minimum Gasteiger partial charge on any atom is -0.309 e. The summed E-state index contributed by atoms with van der Waals surface area (Å²) >= 11 is 7.52. The lowest BCUT2D eigenvalue weighted by molar-refractivity contribution is 0.406. The molecule has 0 bridgehead atoms. The van der Waals surface area contributed by atoms with Crippen molar-refractivity contribution in [2.75, 3.05) is 0 Å². The van der Waals surface area contributed by atoms with Crippen LogP contribution in [0.1, 0.15) is 31.3 Å². The first-order valence-corrected chi connectivity index (χ1v) is 10.8. The van der Waals surface area contributed by atoms with E-state index in [4.69, 9.17) is 16.6 Å². The second-order valence-corrected chi connectivity index (χ2v) is 8.66. The zero-order valence-electron chi connectivity index (χ0n) is 16.3. The van der Waals surface area contributed by atoms with E-state index in [1.165, 1.54) is 11.3 Å². The van der Waals surface area contributed by atoms with E-state index < -0.39 is 0 Å². The molecule has 148 valence electrons. The van der Waals surface area contributed by atoms with Gasteiger partial charge >= 0.3 is 0 Å². The van der Waals surface area contributed by atoms with E-state index in [9.17, 15) is 4.79 Å². The Hall–Kier alpha value is -2.47. The summed E-state index contributed by atoms with van der Waals surface area (Å²) in [6, 6.07) is 17.9. The van der Waals surface area contributed by atoms with Gasteiger partial charge in [0.15, 0.2) is 0 Å². The van der Waals surface area contributed by atoms with Crippen LogP contribution in [0.15, 0.2) is 64.8 Å². The third-order valence-corrected chi connectivity index (χ3v) is 6.09. The van der Waals surface area contributed by atoms with Crippen LogP contribution in [0.4, 0.5) is 0 Å². The van der Waals surface area contributed by atoms with Gasteiger partial charge in [0, 0.05) is 22.0 Å². The molecule has 0 amide bonds. The van der Waals surface area contributed by atoms with Gasteiger partial charge in [-0.25, -0.2) is 4.98 Å². The van der Waals surface area contributed by atoms with Crippen molar-refractivity contribution < 1.29 is 0 Å². The van der Waals surface area contributed by atoms with Gasteiger partial charge in [0.2, 0.25) is 0 Å². The van der Waals surface area contributed by atoms with Crippen molar-refractivity contribution in [3.63, 3.8) is 0 Å². The monoisotopic (exact) mass is 423 g/mol. The van der Waals surface area contributed by atoms with Crippen LogP contribution in [0.3, 0.4) is 0 Å². The summed E-state index contributed by atoms with van der Waals surface area (Å²) in [6.07, 6.45) is 0. The number of halogens is 1. The zero-order valence-corrected chi connectivity index (χ0v) is 17.8. The zero-order chi connectivity index (χ0) is 20.4. The highest BCUT2D eigenvalue weighted by Gasteiger charge is 2.17. The predicted octanol–water partition coefficient (Wildman–Crippen LogP) is 5.79. The van der Waals surface area contributed by atoms with E-state index in [-0.39, 0.29) is 11.6 Å². The Morgan fingerprint density at radius 3 is 2.52 bits per heavy atom. The van der Waals surface area contributed by atoms with E-state index in [1.807, 2.05) is 60.0 Å². The minimum atomic E-state index is -0.0977. The Morgan fingerprint density at radius 2 is 1.83 bits per heavy atom. The molecule has 2 N–H and O–H groups in total.